The molecule has 0 radical (unpaired) electrons. The Hall–Kier alpha value is -1.50. The highest BCUT2D eigenvalue weighted by Crippen LogP contribution is 2.56. The highest BCUT2D eigenvalue weighted by atomic mass is 16.5. The number of ether oxygens (including phenoxy) is 1. The molecule has 0 aromatic heterocycles. The molecule has 1 aliphatic heterocycles. The molecule has 1 heteroatoms. The van der Waals surface area contributed by atoms with E-state index in [4.69, 9.17) is 4.74 Å². The summed E-state index contributed by atoms with van der Waals surface area (Å²) in [6, 6.07) is 0. The van der Waals surface area contributed by atoms with Crippen LogP contribution in [0.4, 0.5) is 0 Å². The van der Waals surface area contributed by atoms with Crippen molar-refractivity contribution in [2.24, 2.45) is 29.1 Å². The van der Waals surface area contributed by atoms with Gasteiger partial charge in [0.05, 0.1) is 6.61 Å². The van der Waals surface area contributed by atoms with Crippen LogP contribution in [0.5, 0.6) is 0 Å². The zero-order chi connectivity index (χ0) is 14.3. The molecule has 0 saturated carbocycles. The van der Waals surface area contributed by atoms with Gasteiger partial charge in [0.25, 0.3) is 0 Å². The van der Waals surface area contributed by atoms with E-state index in [1.54, 1.807) is 0 Å². The van der Waals surface area contributed by atoms with E-state index in [0.29, 0.717) is 23.7 Å². The number of hydrogen-bond donors (Lipinski definition) is 0. The Morgan fingerprint density at radius 3 is 2.85 bits per heavy atom. The van der Waals surface area contributed by atoms with Crippen molar-refractivity contribution in [3.63, 3.8) is 0 Å². The SMILES string of the molecule is C=C1C=C2C=CC(C)C(C(C)C)C23C=CC=CC3CO1. The first-order valence-electron chi connectivity index (χ1n) is 7.64. The van der Waals surface area contributed by atoms with Gasteiger partial charge in [-0.2, -0.15) is 0 Å². The molecule has 4 atom stereocenters. The molecule has 106 valence electrons. The topological polar surface area (TPSA) is 9.23 Å². The van der Waals surface area contributed by atoms with E-state index >= 15 is 0 Å². The average Bonchev–Trinajstić information content (AvgIpc) is 2.54. The fraction of sp³-hybridized carbons (Fsp3) is 0.474. The zero-order valence-electron chi connectivity index (χ0n) is 12.7. The Kier molecular flexibility index (Phi) is 3.24. The summed E-state index contributed by atoms with van der Waals surface area (Å²) in [7, 11) is 0. The monoisotopic (exact) mass is 268 g/mol. The normalized spacial score (nSPS) is 38.9. The van der Waals surface area contributed by atoms with E-state index in [0.717, 1.165) is 12.4 Å². The molecule has 3 aliphatic rings. The zero-order valence-corrected chi connectivity index (χ0v) is 12.7. The molecule has 0 aromatic carbocycles. The predicted octanol–water partition coefficient (Wildman–Crippen LogP) is 4.66. The minimum absolute atomic E-state index is 0.0660. The van der Waals surface area contributed by atoms with Crippen LogP contribution in [0.3, 0.4) is 0 Å². The van der Waals surface area contributed by atoms with E-state index in [-0.39, 0.29) is 5.41 Å². The third-order valence-electron chi connectivity index (χ3n) is 5.12. The van der Waals surface area contributed by atoms with E-state index in [9.17, 15) is 0 Å². The molecule has 2 aliphatic carbocycles. The van der Waals surface area contributed by atoms with Crippen molar-refractivity contribution in [3.05, 3.63) is 60.4 Å². The van der Waals surface area contributed by atoms with Crippen molar-refractivity contribution in [2.45, 2.75) is 20.8 Å². The molecule has 3 rings (SSSR count). The van der Waals surface area contributed by atoms with Crippen LogP contribution in [0.15, 0.2) is 60.4 Å². The molecule has 0 amide bonds. The summed E-state index contributed by atoms with van der Waals surface area (Å²) >= 11 is 0. The van der Waals surface area contributed by atoms with Crippen LogP contribution in [-0.2, 0) is 4.74 Å². The second-order valence-corrected chi connectivity index (χ2v) is 6.65. The Bertz CT molecular complexity index is 532. The lowest BCUT2D eigenvalue weighted by Crippen LogP contribution is -2.46. The largest absolute Gasteiger partial charge is 0.494 e. The highest BCUT2D eigenvalue weighted by molar-refractivity contribution is 5.45. The van der Waals surface area contributed by atoms with Gasteiger partial charge in [-0.25, -0.2) is 0 Å². The van der Waals surface area contributed by atoms with Crippen LogP contribution in [0.2, 0.25) is 0 Å². The molecule has 0 saturated heterocycles. The van der Waals surface area contributed by atoms with Crippen molar-refractivity contribution in [1.82, 2.24) is 0 Å². The lowest BCUT2D eigenvalue weighted by atomic mass is 9.53. The maximum Gasteiger partial charge on any atom is 0.112 e. The van der Waals surface area contributed by atoms with Gasteiger partial charge in [-0.1, -0.05) is 63.8 Å². The summed E-state index contributed by atoms with van der Waals surface area (Å²) in [6.07, 6.45) is 15.9. The van der Waals surface area contributed by atoms with Gasteiger partial charge in [0.2, 0.25) is 0 Å². The molecular formula is C19H24O. The van der Waals surface area contributed by atoms with Gasteiger partial charge in [-0.15, -0.1) is 0 Å². The minimum Gasteiger partial charge on any atom is -0.494 e. The summed E-state index contributed by atoms with van der Waals surface area (Å²) in [5, 5.41) is 0. The van der Waals surface area contributed by atoms with Crippen LogP contribution in [0, 0.1) is 29.1 Å². The maximum atomic E-state index is 5.83. The minimum atomic E-state index is 0.0660. The Morgan fingerprint density at radius 1 is 1.30 bits per heavy atom. The fourth-order valence-corrected chi connectivity index (χ4v) is 4.45. The van der Waals surface area contributed by atoms with Crippen molar-refractivity contribution in [2.75, 3.05) is 6.61 Å². The Morgan fingerprint density at radius 2 is 2.10 bits per heavy atom. The molecule has 0 bridgehead atoms. The number of allylic oxidation sites excluding steroid dienone is 7. The standard InChI is InChI=1S/C19H24O/c1-13(2)18-14(3)8-9-16-11-15(4)20-12-17-7-5-6-10-19(16,17)18/h5-11,13-14,17-18H,4,12H2,1-3H3. The highest BCUT2D eigenvalue weighted by Gasteiger charge is 2.50. The molecule has 1 spiro atoms. The van der Waals surface area contributed by atoms with Gasteiger partial charge < -0.3 is 4.74 Å². The van der Waals surface area contributed by atoms with Crippen molar-refractivity contribution in [3.8, 4) is 0 Å². The van der Waals surface area contributed by atoms with Gasteiger partial charge in [0.15, 0.2) is 0 Å². The summed E-state index contributed by atoms with van der Waals surface area (Å²) in [4.78, 5) is 0. The van der Waals surface area contributed by atoms with Gasteiger partial charge in [0, 0.05) is 11.3 Å². The second-order valence-electron chi connectivity index (χ2n) is 6.65. The molecule has 0 fully saturated rings. The second kappa shape index (κ2) is 4.80. The van der Waals surface area contributed by atoms with E-state index < -0.39 is 0 Å². The molecule has 1 heterocycles. The molecule has 20 heavy (non-hydrogen) atoms. The summed E-state index contributed by atoms with van der Waals surface area (Å²) < 4.78 is 5.83. The van der Waals surface area contributed by atoms with Gasteiger partial charge in [-0.3, -0.25) is 0 Å². The third-order valence-corrected chi connectivity index (χ3v) is 5.12. The quantitative estimate of drug-likeness (QED) is 0.672. The smallest absolute Gasteiger partial charge is 0.112 e. The van der Waals surface area contributed by atoms with Crippen molar-refractivity contribution in [1.29, 1.82) is 0 Å². The molecule has 0 aromatic rings. The predicted molar refractivity (Wildman–Crippen MR) is 84.0 cm³/mol. The van der Waals surface area contributed by atoms with Gasteiger partial charge in [0.1, 0.15) is 5.76 Å². The average molecular weight is 268 g/mol. The first-order valence-corrected chi connectivity index (χ1v) is 7.64. The van der Waals surface area contributed by atoms with E-state index in [2.05, 4.69) is 69.9 Å². The Labute approximate surface area is 122 Å². The summed E-state index contributed by atoms with van der Waals surface area (Å²) in [6.45, 7) is 11.8. The lowest BCUT2D eigenvalue weighted by molar-refractivity contribution is 0.0762. The van der Waals surface area contributed by atoms with Gasteiger partial charge in [-0.05, 0) is 29.4 Å². The van der Waals surface area contributed by atoms with Crippen LogP contribution in [0.1, 0.15) is 20.8 Å². The van der Waals surface area contributed by atoms with Crippen molar-refractivity contribution < 1.29 is 4.74 Å². The third kappa shape index (κ3) is 1.83. The van der Waals surface area contributed by atoms with Crippen LogP contribution in [-0.4, -0.2) is 6.61 Å². The maximum absolute atomic E-state index is 5.83. The molecular weight excluding hydrogens is 244 g/mol. The van der Waals surface area contributed by atoms with Crippen LogP contribution >= 0.6 is 0 Å². The Balaban J connectivity index is 2.22. The fourth-order valence-electron chi connectivity index (χ4n) is 4.45. The number of hydrogen-bond acceptors (Lipinski definition) is 1. The van der Waals surface area contributed by atoms with E-state index in [1.165, 1.54) is 5.57 Å². The van der Waals surface area contributed by atoms with Crippen molar-refractivity contribution >= 4 is 0 Å². The lowest BCUT2D eigenvalue weighted by Gasteiger charge is -2.50. The van der Waals surface area contributed by atoms with Gasteiger partial charge >= 0.3 is 0 Å². The summed E-state index contributed by atoms with van der Waals surface area (Å²) in [5.74, 6) is 3.00. The van der Waals surface area contributed by atoms with E-state index in [1.807, 2.05) is 0 Å². The van der Waals surface area contributed by atoms with Crippen LogP contribution < -0.4 is 0 Å². The first-order chi connectivity index (χ1) is 9.55. The molecule has 0 N–H and O–H groups in total. The first kappa shape index (κ1) is 13.5. The number of rotatable bonds is 1. The van der Waals surface area contributed by atoms with Crippen LogP contribution in [0.25, 0.3) is 0 Å². The molecule has 4 unspecified atom stereocenters. The molecule has 1 nitrogen and oxygen atoms in total. The summed E-state index contributed by atoms with van der Waals surface area (Å²) in [5.41, 5.74) is 1.43.